The number of nitrogens with one attached hydrogen (secondary N) is 1. The van der Waals surface area contributed by atoms with Gasteiger partial charge in [-0.05, 0) is 57.4 Å². The fourth-order valence-corrected chi connectivity index (χ4v) is 4.51. The van der Waals surface area contributed by atoms with Crippen molar-refractivity contribution in [3.8, 4) is 22.8 Å². The Kier molecular flexibility index (Phi) is 5.02. The molecule has 2 aromatic carbocycles. The maximum atomic E-state index is 12.3. The number of carbonyl (C=O) groups is 1. The van der Waals surface area contributed by atoms with Gasteiger partial charge in [-0.2, -0.15) is 0 Å². The van der Waals surface area contributed by atoms with Gasteiger partial charge in [-0.3, -0.25) is 4.79 Å². The average molecular weight is 415 g/mol. The van der Waals surface area contributed by atoms with Crippen LogP contribution in [-0.2, 0) is 4.79 Å². The highest BCUT2D eigenvalue weighted by atomic mass is 16.3. The molecule has 1 aliphatic carbocycles. The van der Waals surface area contributed by atoms with Crippen molar-refractivity contribution < 1.29 is 9.21 Å². The van der Waals surface area contributed by atoms with Crippen LogP contribution in [0.3, 0.4) is 0 Å². The van der Waals surface area contributed by atoms with Crippen LogP contribution in [0.5, 0.6) is 0 Å². The standard InChI is InChI=1S/C24H25N5O2/c1-3-25-23(30)18-12-13-19(14-18)29-15(2)27-28-22(29)16-8-10-17(11-9-16)24-26-20-6-4-5-7-21(20)31-24/h4-11,18-19H,3,12-14H2,1-2H3,(H,25,30)/t18-,19+/m0/s1. The third-order valence-corrected chi connectivity index (χ3v) is 6.04. The quantitative estimate of drug-likeness (QED) is 0.517. The van der Waals surface area contributed by atoms with Gasteiger partial charge in [0.25, 0.3) is 0 Å². The summed E-state index contributed by atoms with van der Waals surface area (Å²) in [5, 5.41) is 11.7. The first-order valence-electron chi connectivity index (χ1n) is 10.8. The average Bonchev–Trinajstić information content (AvgIpc) is 3.51. The van der Waals surface area contributed by atoms with Gasteiger partial charge in [0.1, 0.15) is 11.3 Å². The molecule has 0 unspecified atom stereocenters. The number of nitrogens with zero attached hydrogens (tertiary/aromatic N) is 4. The smallest absolute Gasteiger partial charge is 0.227 e. The zero-order chi connectivity index (χ0) is 21.4. The molecule has 5 rings (SSSR count). The fourth-order valence-electron chi connectivity index (χ4n) is 4.51. The molecule has 7 nitrogen and oxygen atoms in total. The number of para-hydroxylation sites is 2. The Bertz CT molecular complexity index is 1190. The van der Waals surface area contributed by atoms with Gasteiger partial charge in [0, 0.05) is 29.6 Å². The molecule has 2 aromatic heterocycles. The van der Waals surface area contributed by atoms with Crippen molar-refractivity contribution in [3.63, 3.8) is 0 Å². The maximum absolute atomic E-state index is 12.3. The number of carbonyl (C=O) groups excluding carboxylic acids is 1. The third-order valence-electron chi connectivity index (χ3n) is 6.04. The number of fused-ring (bicyclic) bond motifs is 1. The van der Waals surface area contributed by atoms with E-state index in [-0.39, 0.29) is 17.9 Å². The second kappa shape index (κ2) is 7.98. The zero-order valence-corrected chi connectivity index (χ0v) is 17.7. The van der Waals surface area contributed by atoms with Crippen molar-refractivity contribution in [2.45, 2.75) is 39.2 Å². The Morgan fingerprint density at radius 2 is 1.87 bits per heavy atom. The summed E-state index contributed by atoms with van der Waals surface area (Å²) in [6, 6.07) is 16.0. The summed E-state index contributed by atoms with van der Waals surface area (Å²) < 4.78 is 8.07. The van der Waals surface area contributed by atoms with E-state index in [0.29, 0.717) is 12.4 Å². The predicted octanol–water partition coefficient (Wildman–Crippen LogP) is 4.54. The number of benzene rings is 2. The van der Waals surface area contributed by atoms with Crippen LogP contribution in [0.15, 0.2) is 52.9 Å². The Balaban J connectivity index is 1.41. The first kappa shape index (κ1) is 19.5. The van der Waals surface area contributed by atoms with Gasteiger partial charge in [0.2, 0.25) is 11.8 Å². The number of oxazole rings is 1. The molecule has 2 heterocycles. The van der Waals surface area contributed by atoms with E-state index < -0.39 is 0 Å². The van der Waals surface area contributed by atoms with E-state index in [2.05, 4.69) is 25.1 Å². The Morgan fingerprint density at radius 1 is 1.10 bits per heavy atom. The van der Waals surface area contributed by atoms with Crippen LogP contribution in [0.2, 0.25) is 0 Å². The molecule has 0 bridgehead atoms. The largest absolute Gasteiger partial charge is 0.436 e. The molecule has 1 N–H and O–H groups in total. The monoisotopic (exact) mass is 415 g/mol. The molecule has 31 heavy (non-hydrogen) atoms. The SMILES string of the molecule is CCNC(=O)[C@H]1CC[C@@H](n2c(C)nnc2-c2ccc(-c3nc4ccccc4o3)cc2)C1. The second-order valence-electron chi connectivity index (χ2n) is 8.06. The topological polar surface area (TPSA) is 85.8 Å². The number of rotatable bonds is 5. The summed E-state index contributed by atoms with van der Waals surface area (Å²) in [5.74, 6) is 2.52. The van der Waals surface area contributed by atoms with Crippen LogP contribution < -0.4 is 5.32 Å². The minimum atomic E-state index is 0.0566. The lowest BCUT2D eigenvalue weighted by Crippen LogP contribution is -2.29. The normalized spacial score (nSPS) is 18.5. The van der Waals surface area contributed by atoms with E-state index in [1.165, 1.54) is 0 Å². The summed E-state index contributed by atoms with van der Waals surface area (Å²) in [5.41, 5.74) is 3.53. The molecule has 4 aromatic rings. The zero-order valence-electron chi connectivity index (χ0n) is 17.7. The minimum absolute atomic E-state index is 0.0566. The Morgan fingerprint density at radius 3 is 2.65 bits per heavy atom. The van der Waals surface area contributed by atoms with Crippen molar-refractivity contribution in [3.05, 3.63) is 54.4 Å². The van der Waals surface area contributed by atoms with E-state index in [9.17, 15) is 4.79 Å². The predicted molar refractivity (Wildman–Crippen MR) is 118 cm³/mol. The number of amides is 1. The fraction of sp³-hybridized carbons (Fsp3) is 0.333. The highest BCUT2D eigenvalue weighted by Gasteiger charge is 2.33. The number of aromatic nitrogens is 4. The van der Waals surface area contributed by atoms with E-state index >= 15 is 0 Å². The molecule has 0 radical (unpaired) electrons. The molecule has 158 valence electrons. The molecule has 7 heteroatoms. The molecule has 0 saturated heterocycles. The first-order chi connectivity index (χ1) is 15.1. The molecule has 2 atom stereocenters. The lowest BCUT2D eigenvalue weighted by atomic mass is 10.1. The van der Waals surface area contributed by atoms with Crippen molar-refractivity contribution in [2.75, 3.05) is 6.54 Å². The van der Waals surface area contributed by atoms with Crippen LogP contribution in [-0.4, -0.2) is 32.2 Å². The lowest BCUT2D eigenvalue weighted by Gasteiger charge is -2.17. The van der Waals surface area contributed by atoms with Gasteiger partial charge in [-0.25, -0.2) is 4.98 Å². The molecule has 0 aliphatic heterocycles. The molecule has 1 fully saturated rings. The van der Waals surface area contributed by atoms with Gasteiger partial charge < -0.3 is 14.3 Å². The van der Waals surface area contributed by atoms with Crippen LogP contribution in [0, 0.1) is 12.8 Å². The van der Waals surface area contributed by atoms with Gasteiger partial charge >= 0.3 is 0 Å². The second-order valence-corrected chi connectivity index (χ2v) is 8.06. The van der Waals surface area contributed by atoms with E-state index in [4.69, 9.17) is 4.42 Å². The summed E-state index contributed by atoms with van der Waals surface area (Å²) in [6.07, 6.45) is 2.66. The molecule has 1 amide bonds. The van der Waals surface area contributed by atoms with Gasteiger partial charge in [-0.15, -0.1) is 10.2 Å². The van der Waals surface area contributed by atoms with Crippen molar-refractivity contribution in [1.29, 1.82) is 0 Å². The minimum Gasteiger partial charge on any atom is -0.436 e. The molecular weight excluding hydrogens is 390 g/mol. The van der Waals surface area contributed by atoms with Crippen molar-refractivity contribution in [2.24, 2.45) is 5.92 Å². The number of aryl methyl sites for hydroxylation is 1. The maximum Gasteiger partial charge on any atom is 0.227 e. The Labute approximate surface area is 180 Å². The molecular formula is C24H25N5O2. The van der Waals surface area contributed by atoms with E-state index in [1.807, 2.05) is 62.4 Å². The third kappa shape index (κ3) is 3.60. The van der Waals surface area contributed by atoms with Crippen molar-refractivity contribution in [1.82, 2.24) is 25.1 Å². The van der Waals surface area contributed by atoms with Crippen LogP contribution >= 0.6 is 0 Å². The summed E-state index contributed by atoms with van der Waals surface area (Å²) in [4.78, 5) is 16.8. The number of hydrogen-bond donors (Lipinski definition) is 1. The van der Waals surface area contributed by atoms with Crippen molar-refractivity contribution >= 4 is 17.0 Å². The van der Waals surface area contributed by atoms with E-state index in [0.717, 1.165) is 53.1 Å². The number of hydrogen-bond acceptors (Lipinski definition) is 5. The van der Waals surface area contributed by atoms with Crippen LogP contribution in [0.1, 0.15) is 38.1 Å². The highest BCUT2D eigenvalue weighted by molar-refractivity contribution is 5.79. The summed E-state index contributed by atoms with van der Waals surface area (Å²) in [6.45, 7) is 4.60. The van der Waals surface area contributed by atoms with Gasteiger partial charge in [0.05, 0.1) is 0 Å². The van der Waals surface area contributed by atoms with Gasteiger partial charge in [0.15, 0.2) is 11.4 Å². The lowest BCUT2D eigenvalue weighted by molar-refractivity contribution is -0.124. The molecule has 1 aliphatic rings. The molecule has 0 spiro atoms. The summed E-state index contributed by atoms with van der Waals surface area (Å²) in [7, 11) is 0. The first-order valence-corrected chi connectivity index (χ1v) is 10.8. The van der Waals surface area contributed by atoms with Crippen LogP contribution in [0.25, 0.3) is 33.9 Å². The van der Waals surface area contributed by atoms with Crippen LogP contribution in [0.4, 0.5) is 0 Å². The summed E-state index contributed by atoms with van der Waals surface area (Å²) >= 11 is 0. The van der Waals surface area contributed by atoms with E-state index in [1.54, 1.807) is 0 Å². The highest BCUT2D eigenvalue weighted by Crippen LogP contribution is 2.38. The van der Waals surface area contributed by atoms with Gasteiger partial charge in [-0.1, -0.05) is 24.3 Å². The Hall–Kier alpha value is -3.48. The molecule has 1 saturated carbocycles.